The molecule has 2 aromatic rings. The first-order valence-corrected chi connectivity index (χ1v) is 5.13. The second kappa shape index (κ2) is 4.26. The van der Waals surface area contributed by atoms with E-state index in [1.807, 2.05) is 49.0 Å². The highest BCUT2D eigenvalue weighted by Gasteiger charge is 2.05. The molecule has 16 heavy (non-hydrogen) atoms. The zero-order valence-corrected chi connectivity index (χ0v) is 9.69. The zero-order chi connectivity index (χ0) is 11.5. The van der Waals surface area contributed by atoms with Crippen LogP contribution in [-0.4, -0.2) is 23.7 Å². The Labute approximate surface area is 94.9 Å². The quantitative estimate of drug-likeness (QED) is 0.856. The maximum absolute atomic E-state index is 5.13. The van der Waals surface area contributed by atoms with Crippen LogP contribution in [-0.2, 0) is 0 Å². The van der Waals surface area contributed by atoms with E-state index in [0.29, 0.717) is 0 Å². The van der Waals surface area contributed by atoms with E-state index in [1.54, 1.807) is 7.11 Å². The first-order valence-electron chi connectivity index (χ1n) is 5.13. The summed E-state index contributed by atoms with van der Waals surface area (Å²) in [5, 5.41) is 3.06. The number of benzene rings is 1. The molecule has 2 rings (SSSR count). The average Bonchev–Trinajstić information content (AvgIpc) is 2.70. The van der Waals surface area contributed by atoms with Gasteiger partial charge in [-0.05, 0) is 31.2 Å². The number of hydrogen-bond donors (Lipinski definition) is 1. The lowest BCUT2D eigenvalue weighted by Crippen LogP contribution is -2.00. The molecule has 0 bridgehead atoms. The number of anilines is 1. The van der Waals surface area contributed by atoms with Crippen LogP contribution in [0.3, 0.4) is 0 Å². The lowest BCUT2D eigenvalue weighted by atomic mass is 10.3. The molecule has 0 aliphatic rings. The molecular weight excluding hydrogens is 202 g/mol. The van der Waals surface area contributed by atoms with Crippen molar-refractivity contribution in [1.82, 2.24) is 9.55 Å². The van der Waals surface area contributed by atoms with Gasteiger partial charge < -0.3 is 10.1 Å². The van der Waals surface area contributed by atoms with Crippen LogP contribution < -0.4 is 10.1 Å². The predicted molar refractivity (Wildman–Crippen MR) is 64.4 cm³/mol. The van der Waals surface area contributed by atoms with Crippen LogP contribution in [0.25, 0.3) is 5.69 Å². The fourth-order valence-electron chi connectivity index (χ4n) is 1.61. The van der Waals surface area contributed by atoms with E-state index >= 15 is 0 Å². The Balaban J connectivity index is 2.41. The SMILES string of the molecule is CNc1nc(C)cn1-c1ccc(OC)cc1. The molecule has 0 spiro atoms. The van der Waals surface area contributed by atoms with Crippen molar-refractivity contribution in [3.8, 4) is 11.4 Å². The van der Waals surface area contributed by atoms with Gasteiger partial charge >= 0.3 is 0 Å². The summed E-state index contributed by atoms with van der Waals surface area (Å²) in [6, 6.07) is 7.87. The van der Waals surface area contributed by atoms with Crippen LogP contribution in [0.2, 0.25) is 0 Å². The summed E-state index contributed by atoms with van der Waals surface area (Å²) in [4.78, 5) is 4.37. The highest BCUT2D eigenvalue weighted by Crippen LogP contribution is 2.19. The predicted octanol–water partition coefficient (Wildman–Crippen LogP) is 2.23. The number of rotatable bonds is 3. The van der Waals surface area contributed by atoms with Gasteiger partial charge in [0.2, 0.25) is 5.95 Å². The molecule has 4 nitrogen and oxygen atoms in total. The zero-order valence-electron chi connectivity index (χ0n) is 9.69. The van der Waals surface area contributed by atoms with Gasteiger partial charge in [0.15, 0.2) is 0 Å². The molecule has 1 heterocycles. The number of aryl methyl sites for hydroxylation is 1. The maximum Gasteiger partial charge on any atom is 0.207 e. The van der Waals surface area contributed by atoms with Gasteiger partial charge in [0, 0.05) is 18.9 Å². The Bertz CT molecular complexity index is 474. The summed E-state index contributed by atoms with van der Waals surface area (Å²) in [5.74, 6) is 1.69. The van der Waals surface area contributed by atoms with Crippen LogP contribution in [0, 0.1) is 6.92 Å². The van der Waals surface area contributed by atoms with Crippen LogP contribution >= 0.6 is 0 Å². The van der Waals surface area contributed by atoms with Gasteiger partial charge in [-0.2, -0.15) is 0 Å². The molecule has 0 amide bonds. The number of ether oxygens (including phenoxy) is 1. The smallest absolute Gasteiger partial charge is 0.207 e. The van der Waals surface area contributed by atoms with E-state index in [0.717, 1.165) is 23.1 Å². The minimum absolute atomic E-state index is 0.836. The van der Waals surface area contributed by atoms with Gasteiger partial charge in [0.05, 0.1) is 12.8 Å². The fraction of sp³-hybridized carbons (Fsp3) is 0.250. The molecular formula is C12H15N3O. The van der Waals surface area contributed by atoms with E-state index in [-0.39, 0.29) is 0 Å². The molecule has 0 saturated heterocycles. The third kappa shape index (κ3) is 1.86. The second-order valence-corrected chi connectivity index (χ2v) is 3.52. The normalized spacial score (nSPS) is 10.2. The Morgan fingerprint density at radius 1 is 1.25 bits per heavy atom. The average molecular weight is 217 g/mol. The minimum Gasteiger partial charge on any atom is -0.497 e. The van der Waals surface area contributed by atoms with Crippen molar-refractivity contribution >= 4 is 5.95 Å². The molecule has 1 aromatic carbocycles. The molecule has 0 fully saturated rings. The van der Waals surface area contributed by atoms with E-state index in [4.69, 9.17) is 4.74 Å². The summed E-state index contributed by atoms with van der Waals surface area (Å²) >= 11 is 0. The number of nitrogens with one attached hydrogen (secondary N) is 1. The van der Waals surface area contributed by atoms with E-state index < -0.39 is 0 Å². The van der Waals surface area contributed by atoms with Crippen LogP contribution in [0.15, 0.2) is 30.5 Å². The first-order chi connectivity index (χ1) is 7.74. The van der Waals surface area contributed by atoms with Crippen molar-refractivity contribution in [3.05, 3.63) is 36.2 Å². The summed E-state index contributed by atoms with van der Waals surface area (Å²) in [5.41, 5.74) is 2.05. The first kappa shape index (κ1) is 10.5. The fourth-order valence-corrected chi connectivity index (χ4v) is 1.61. The van der Waals surface area contributed by atoms with Crippen molar-refractivity contribution in [3.63, 3.8) is 0 Å². The lowest BCUT2D eigenvalue weighted by Gasteiger charge is -2.07. The van der Waals surface area contributed by atoms with Crippen molar-refractivity contribution in [2.24, 2.45) is 0 Å². The third-order valence-electron chi connectivity index (χ3n) is 2.40. The third-order valence-corrected chi connectivity index (χ3v) is 2.40. The standard InChI is InChI=1S/C12H15N3O/c1-9-8-15(12(13-2)14-9)10-4-6-11(16-3)7-5-10/h4-8H,1-3H3,(H,13,14). The summed E-state index contributed by atoms with van der Waals surface area (Å²) < 4.78 is 7.14. The molecule has 0 saturated carbocycles. The van der Waals surface area contributed by atoms with Crippen molar-refractivity contribution in [1.29, 1.82) is 0 Å². The Morgan fingerprint density at radius 2 is 1.94 bits per heavy atom. The van der Waals surface area contributed by atoms with Gasteiger partial charge in [0.1, 0.15) is 5.75 Å². The van der Waals surface area contributed by atoms with Gasteiger partial charge in [-0.1, -0.05) is 0 Å². The van der Waals surface area contributed by atoms with Crippen LogP contribution in [0.5, 0.6) is 5.75 Å². The number of hydrogen-bond acceptors (Lipinski definition) is 3. The molecule has 0 aliphatic carbocycles. The Morgan fingerprint density at radius 3 is 2.50 bits per heavy atom. The molecule has 0 unspecified atom stereocenters. The van der Waals surface area contributed by atoms with E-state index in [2.05, 4.69) is 10.3 Å². The maximum atomic E-state index is 5.13. The summed E-state index contributed by atoms with van der Waals surface area (Å²) in [6.45, 7) is 1.97. The monoisotopic (exact) mass is 217 g/mol. The van der Waals surface area contributed by atoms with Crippen molar-refractivity contribution in [2.75, 3.05) is 19.5 Å². The van der Waals surface area contributed by atoms with E-state index in [9.17, 15) is 0 Å². The molecule has 0 aliphatic heterocycles. The highest BCUT2D eigenvalue weighted by molar-refractivity contribution is 5.44. The molecule has 4 heteroatoms. The topological polar surface area (TPSA) is 39.1 Å². The van der Waals surface area contributed by atoms with Crippen LogP contribution in [0.4, 0.5) is 5.95 Å². The minimum atomic E-state index is 0.836. The van der Waals surface area contributed by atoms with E-state index in [1.165, 1.54) is 0 Å². The number of aromatic nitrogens is 2. The second-order valence-electron chi connectivity index (χ2n) is 3.52. The number of methoxy groups -OCH3 is 1. The van der Waals surface area contributed by atoms with Crippen LogP contribution in [0.1, 0.15) is 5.69 Å². The molecule has 1 N–H and O–H groups in total. The molecule has 0 radical (unpaired) electrons. The number of nitrogens with zero attached hydrogens (tertiary/aromatic N) is 2. The van der Waals surface area contributed by atoms with Gasteiger partial charge in [0.25, 0.3) is 0 Å². The largest absolute Gasteiger partial charge is 0.497 e. The summed E-state index contributed by atoms with van der Waals surface area (Å²) in [6.07, 6.45) is 1.99. The molecule has 84 valence electrons. The van der Waals surface area contributed by atoms with Crippen molar-refractivity contribution in [2.45, 2.75) is 6.92 Å². The Kier molecular flexibility index (Phi) is 2.81. The van der Waals surface area contributed by atoms with Gasteiger partial charge in [-0.3, -0.25) is 4.57 Å². The molecule has 1 aromatic heterocycles. The number of imidazole rings is 1. The summed E-state index contributed by atoms with van der Waals surface area (Å²) in [7, 11) is 3.52. The van der Waals surface area contributed by atoms with Crippen molar-refractivity contribution < 1.29 is 4.74 Å². The lowest BCUT2D eigenvalue weighted by molar-refractivity contribution is 0.415. The molecule has 0 atom stereocenters. The van der Waals surface area contributed by atoms with Gasteiger partial charge in [-0.25, -0.2) is 4.98 Å². The Hall–Kier alpha value is -1.97. The highest BCUT2D eigenvalue weighted by atomic mass is 16.5. The van der Waals surface area contributed by atoms with Gasteiger partial charge in [-0.15, -0.1) is 0 Å².